The molecule has 0 aromatic heterocycles. The number of rotatable bonds is 7. The fourth-order valence-electron chi connectivity index (χ4n) is 8.04. The molecule has 304 valence electrons. The average molecular weight is 799 g/mol. The number of anilines is 2. The van der Waals surface area contributed by atoms with Crippen LogP contribution >= 0.6 is 11.6 Å². The molecule has 2 aliphatic heterocycles. The van der Waals surface area contributed by atoms with Gasteiger partial charge in [0.15, 0.2) is 11.6 Å². The van der Waals surface area contributed by atoms with Crippen molar-refractivity contribution >= 4 is 34.5 Å². The first kappa shape index (κ1) is 42.2. The third-order valence-corrected chi connectivity index (χ3v) is 10.8. The number of hydrogen-bond donors (Lipinski definition) is 2. The van der Waals surface area contributed by atoms with Crippen molar-refractivity contribution in [3.05, 3.63) is 131 Å². The highest BCUT2D eigenvalue weighted by Gasteiger charge is 2.45. The summed E-state index contributed by atoms with van der Waals surface area (Å²) in [6.07, 6.45) is 6.85. The third kappa shape index (κ3) is 12.8. The van der Waals surface area contributed by atoms with Gasteiger partial charge >= 0.3 is 11.5 Å². The predicted octanol–water partition coefficient (Wildman–Crippen LogP) is 10.8. The van der Waals surface area contributed by atoms with Gasteiger partial charge < -0.3 is 34.2 Å². The fraction of sp³-hybridized carbons (Fsp3) is 0.435. The molecule has 4 aromatic rings. The average Bonchev–Trinajstić information content (AvgIpc) is 3.69. The van der Waals surface area contributed by atoms with E-state index >= 15 is 0 Å². The molecule has 2 saturated heterocycles. The first-order valence-electron chi connectivity index (χ1n) is 19.8. The molecule has 4 unspecified atom stereocenters. The van der Waals surface area contributed by atoms with E-state index in [9.17, 15) is 9.59 Å². The van der Waals surface area contributed by atoms with E-state index in [0.29, 0.717) is 11.8 Å². The van der Waals surface area contributed by atoms with Crippen LogP contribution in [0.2, 0.25) is 0 Å². The van der Waals surface area contributed by atoms with Crippen LogP contribution in [0.5, 0.6) is 0 Å². The fourth-order valence-corrected chi connectivity index (χ4v) is 8.09. The van der Waals surface area contributed by atoms with Gasteiger partial charge in [-0.25, -0.2) is 9.59 Å². The molecule has 4 fully saturated rings. The first-order valence-corrected chi connectivity index (χ1v) is 20.2. The number of carbonyl (C=O) groups is 2. The number of nitrogen functional groups attached to an aromatic ring is 1. The standard InChI is InChI=1S/C23H27NO4.C15H21NO2.C8H7ClO2/c1-23(2)27-20-13-10-18(14-21(20)28-23)17-8-11-19(12-9-17)24-22(25)26-15-16-6-4-3-5-7-16;1-15(2)17-13-8-5-11(9-14(13)18-15)10-3-6-12(16)7-4-10;9-8(10)11-6-7-4-2-1-3-5-7/h3-9,11-12,18,20-21H,10,13-15H2,1-2H3,(H,24,25);3-4,6-7,11,13-14H,5,8-9,16H2,1-2H3;1-5H,6H2/t18?,20?,21-;11?,13?,14-;/m00./s1. The zero-order valence-electron chi connectivity index (χ0n) is 33.2. The van der Waals surface area contributed by atoms with Gasteiger partial charge in [0.25, 0.3) is 0 Å². The van der Waals surface area contributed by atoms with Crippen molar-refractivity contribution in [1.82, 2.24) is 0 Å². The van der Waals surface area contributed by atoms with E-state index in [-0.39, 0.29) is 37.6 Å². The van der Waals surface area contributed by atoms with Crippen LogP contribution in [-0.2, 0) is 41.6 Å². The molecule has 2 saturated carbocycles. The zero-order chi connectivity index (χ0) is 40.4. The summed E-state index contributed by atoms with van der Waals surface area (Å²) in [4.78, 5) is 22.2. The van der Waals surface area contributed by atoms with Crippen LogP contribution in [0.3, 0.4) is 0 Å². The molecule has 0 spiro atoms. The Kier molecular flexibility index (Phi) is 14.3. The van der Waals surface area contributed by atoms with E-state index in [2.05, 4.69) is 34.3 Å². The van der Waals surface area contributed by atoms with Crippen LogP contribution in [0.25, 0.3) is 0 Å². The molecule has 4 aliphatic rings. The monoisotopic (exact) mass is 798 g/mol. The van der Waals surface area contributed by atoms with Gasteiger partial charge in [0.1, 0.15) is 13.2 Å². The van der Waals surface area contributed by atoms with Crippen molar-refractivity contribution in [3.63, 3.8) is 0 Å². The Labute approximate surface area is 341 Å². The molecule has 3 N–H and O–H groups in total. The van der Waals surface area contributed by atoms with Crippen LogP contribution in [0.1, 0.15) is 100 Å². The van der Waals surface area contributed by atoms with Gasteiger partial charge in [0, 0.05) is 23.0 Å². The molecular weight excluding hydrogens is 744 g/mol. The number of nitrogens with two attached hydrogens (primary N) is 1. The molecule has 11 heteroatoms. The highest BCUT2D eigenvalue weighted by Crippen LogP contribution is 2.44. The maximum absolute atomic E-state index is 12.0. The zero-order valence-corrected chi connectivity index (χ0v) is 34.0. The van der Waals surface area contributed by atoms with Gasteiger partial charge in [0.2, 0.25) is 0 Å². The first-order chi connectivity index (χ1) is 27.3. The van der Waals surface area contributed by atoms with E-state index < -0.39 is 23.1 Å². The molecule has 6 atom stereocenters. The van der Waals surface area contributed by atoms with Gasteiger partial charge in [-0.3, -0.25) is 5.32 Å². The largest absolute Gasteiger partial charge is 0.449 e. The van der Waals surface area contributed by atoms with Crippen molar-refractivity contribution in [2.24, 2.45) is 0 Å². The second-order valence-corrected chi connectivity index (χ2v) is 16.2. The van der Waals surface area contributed by atoms with Gasteiger partial charge in [0.05, 0.1) is 24.4 Å². The Morgan fingerprint density at radius 3 is 1.49 bits per heavy atom. The van der Waals surface area contributed by atoms with Crippen LogP contribution < -0.4 is 11.1 Å². The van der Waals surface area contributed by atoms with E-state index in [0.717, 1.165) is 54.6 Å². The highest BCUT2D eigenvalue weighted by atomic mass is 35.5. The summed E-state index contributed by atoms with van der Waals surface area (Å²) in [5, 5.41) is 2.78. The Balaban J connectivity index is 0.000000161. The molecule has 57 heavy (non-hydrogen) atoms. The summed E-state index contributed by atoms with van der Waals surface area (Å²) in [6, 6.07) is 35.3. The van der Waals surface area contributed by atoms with Crippen LogP contribution in [0, 0.1) is 0 Å². The Morgan fingerprint density at radius 2 is 1.04 bits per heavy atom. The topological polar surface area (TPSA) is 128 Å². The Morgan fingerprint density at radius 1 is 0.614 bits per heavy atom. The molecule has 2 heterocycles. The van der Waals surface area contributed by atoms with E-state index in [4.69, 9.17) is 41.0 Å². The summed E-state index contributed by atoms with van der Waals surface area (Å²) in [5.74, 6) is 0.144. The van der Waals surface area contributed by atoms with E-state index in [1.165, 1.54) is 17.5 Å². The molecule has 0 bridgehead atoms. The smallest absolute Gasteiger partial charge is 0.411 e. The van der Waals surface area contributed by atoms with Crippen LogP contribution in [0.15, 0.2) is 109 Å². The Hall–Kier alpha value is -4.45. The number of ether oxygens (including phenoxy) is 6. The number of fused-ring (bicyclic) bond motifs is 2. The van der Waals surface area contributed by atoms with Gasteiger partial charge in [-0.2, -0.15) is 0 Å². The molecule has 1 amide bonds. The van der Waals surface area contributed by atoms with Crippen molar-refractivity contribution in [3.8, 4) is 0 Å². The number of amides is 1. The minimum Gasteiger partial charge on any atom is -0.449 e. The summed E-state index contributed by atoms with van der Waals surface area (Å²) in [7, 11) is 0. The Bertz CT molecular complexity index is 1870. The summed E-state index contributed by atoms with van der Waals surface area (Å²) in [6.45, 7) is 8.47. The van der Waals surface area contributed by atoms with Crippen molar-refractivity contribution < 1.29 is 38.0 Å². The summed E-state index contributed by atoms with van der Waals surface area (Å²) >= 11 is 4.97. The maximum Gasteiger partial charge on any atom is 0.411 e. The lowest BCUT2D eigenvalue weighted by atomic mass is 9.81. The number of halogens is 1. The molecule has 0 radical (unpaired) electrons. The lowest BCUT2D eigenvalue weighted by Crippen LogP contribution is -2.30. The second kappa shape index (κ2) is 19.3. The second-order valence-electron chi connectivity index (χ2n) is 15.9. The van der Waals surface area contributed by atoms with Crippen LogP contribution in [-0.4, -0.2) is 47.5 Å². The molecule has 4 aromatic carbocycles. The number of nitrogens with one attached hydrogen (secondary N) is 1. The van der Waals surface area contributed by atoms with Crippen LogP contribution in [0.4, 0.5) is 21.0 Å². The lowest BCUT2D eigenvalue weighted by Gasteiger charge is -2.29. The summed E-state index contributed by atoms with van der Waals surface area (Å²) in [5.41, 5.74) is 11.1. The number of hydrogen-bond acceptors (Lipinski definition) is 9. The number of carbonyl (C=O) groups excluding carboxylic acids is 2. The predicted molar refractivity (Wildman–Crippen MR) is 221 cm³/mol. The summed E-state index contributed by atoms with van der Waals surface area (Å²) < 4.78 is 33.7. The molecule has 10 nitrogen and oxygen atoms in total. The highest BCUT2D eigenvalue weighted by molar-refractivity contribution is 6.61. The van der Waals surface area contributed by atoms with Gasteiger partial charge in [-0.05, 0) is 125 Å². The molecule has 2 aliphatic carbocycles. The minimum absolute atomic E-state index is 0.166. The SMILES string of the molecule is CC1(C)OC2CCC(c3ccc(N)cc3)C[C@@H]2O1.CC1(C)OC2CCC(c3ccc(NC(=O)OCc4ccccc4)cc3)C[C@@H]2O1.O=C(Cl)OCc1ccccc1. The van der Waals surface area contributed by atoms with Crippen molar-refractivity contribution in [2.45, 2.75) is 127 Å². The van der Waals surface area contributed by atoms with Crippen molar-refractivity contribution in [1.29, 1.82) is 0 Å². The molecular formula is C46H55ClN2O8. The maximum atomic E-state index is 12.0. The minimum atomic E-state index is -0.770. The third-order valence-electron chi connectivity index (χ3n) is 10.6. The number of benzene rings is 4. The van der Waals surface area contributed by atoms with E-state index in [1.807, 2.05) is 113 Å². The lowest BCUT2D eigenvalue weighted by molar-refractivity contribution is -0.146. The normalized spacial score (nSPS) is 25.2. The quantitative estimate of drug-likeness (QED) is 0.139. The van der Waals surface area contributed by atoms with Crippen molar-refractivity contribution in [2.75, 3.05) is 11.1 Å². The van der Waals surface area contributed by atoms with E-state index in [1.54, 1.807) is 0 Å². The van der Waals surface area contributed by atoms with Gasteiger partial charge in [-0.15, -0.1) is 0 Å². The van der Waals surface area contributed by atoms with Gasteiger partial charge in [-0.1, -0.05) is 84.9 Å². The molecule has 8 rings (SSSR count).